The molecule has 1 aliphatic rings. The van der Waals surface area contributed by atoms with Crippen LogP contribution in [0.5, 0.6) is 0 Å². The lowest BCUT2D eigenvalue weighted by atomic mass is 10.2. The van der Waals surface area contributed by atoms with Crippen LogP contribution in [0.3, 0.4) is 0 Å². The van der Waals surface area contributed by atoms with Crippen LogP contribution in [0.25, 0.3) is 0 Å². The molecule has 4 N–H and O–H groups in total. The average molecular weight is 318 g/mol. The largest absolute Gasteiger partial charge is 0.399 e. The third-order valence-corrected chi connectivity index (χ3v) is 3.21. The highest BCUT2D eigenvalue weighted by Gasteiger charge is 2.28. The lowest BCUT2D eigenvalue weighted by Crippen LogP contribution is -2.35. The summed E-state index contributed by atoms with van der Waals surface area (Å²) < 4.78 is 0. The van der Waals surface area contributed by atoms with E-state index in [0.29, 0.717) is 29.4 Å². The first-order chi connectivity index (χ1) is 9.08. The molecule has 2 amide bonds. The van der Waals surface area contributed by atoms with Gasteiger partial charge < -0.3 is 16.4 Å². The minimum Gasteiger partial charge on any atom is -0.399 e. The molecule has 1 saturated carbocycles. The molecule has 1 aromatic carbocycles. The van der Waals surface area contributed by atoms with E-state index in [-0.39, 0.29) is 30.1 Å². The third kappa shape index (κ3) is 4.58. The van der Waals surface area contributed by atoms with Crippen molar-refractivity contribution < 1.29 is 9.59 Å². The van der Waals surface area contributed by atoms with E-state index >= 15 is 0 Å². The maximum absolute atomic E-state index is 11.8. The van der Waals surface area contributed by atoms with Crippen LogP contribution < -0.4 is 16.4 Å². The fourth-order valence-electron chi connectivity index (χ4n) is 1.66. The SMILES string of the molecule is Cl.Nc1ccc(C(=O)NCCNC(=O)C2CC2)c(Cl)c1. The van der Waals surface area contributed by atoms with E-state index in [1.165, 1.54) is 6.07 Å². The number of nitrogens with one attached hydrogen (secondary N) is 2. The molecule has 1 aliphatic carbocycles. The molecule has 0 heterocycles. The second-order valence-corrected chi connectivity index (χ2v) is 4.97. The Morgan fingerprint density at radius 3 is 2.50 bits per heavy atom. The summed E-state index contributed by atoms with van der Waals surface area (Å²) in [7, 11) is 0. The van der Waals surface area contributed by atoms with E-state index in [0.717, 1.165) is 12.8 Å². The molecule has 0 saturated heterocycles. The van der Waals surface area contributed by atoms with Crippen LogP contribution in [0.4, 0.5) is 5.69 Å². The Balaban J connectivity index is 0.00000200. The van der Waals surface area contributed by atoms with Gasteiger partial charge in [0.2, 0.25) is 5.91 Å². The maximum Gasteiger partial charge on any atom is 0.252 e. The second kappa shape index (κ2) is 7.36. The Morgan fingerprint density at radius 1 is 1.25 bits per heavy atom. The quantitative estimate of drug-likeness (QED) is 0.569. The Morgan fingerprint density at radius 2 is 1.90 bits per heavy atom. The van der Waals surface area contributed by atoms with Gasteiger partial charge >= 0.3 is 0 Å². The molecular weight excluding hydrogens is 301 g/mol. The summed E-state index contributed by atoms with van der Waals surface area (Å²) >= 11 is 5.93. The molecule has 0 aromatic heterocycles. The van der Waals surface area contributed by atoms with E-state index in [1.54, 1.807) is 12.1 Å². The molecule has 20 heavy (non-hydrogen) atoms. The molecule has 0 atom stereocenters. The molecule has 0 aliphatic heterocycles. The van der Waals surface area contributed by atoms with Crippen molar-refractivity contribution in [1.82, 2.24) is 10.6 Å². The number of rotatable bonds is 5. The van der Waals surface area contributed by atoms with Crippen molar-refractivity contribution in [2.45, 2.75) is 12.8 Å². The number of nitrogens with two attached hydrogens (primary N) is 1. The molecule has 1 fully saturated rings. The molecule has 5 nitrogen and oxygen atoms in total. The second-order valence-electron chi connectivity index (χ2n) is 4.56. The minimum absolute atomic E-state index is 0. The van der Waals surface area contributed by atoms with E-state index in [2.05, 4.69) is 10.6 Å². The zero-order chi connectivity index (χ0) is 13.8. The lowest BCUT2D eigenvalue weighted by Gasteiger charge is -2.08. The Labute approximate surface area is 128 Å². The van der Waals surface area contributed by atoms with Crippen molar-refractivity contribution in [2.75, 3.05) is 18.8 Å². The monoisotopic (exact) mass is 317 g/mol. The summed E-state index contributed by atoms with van der Waals surface area (Å²) in [6, 6.07) is 4.73. The van der Waals surface area contributed by atoms with Crippen LogP contribution in [0.2, 0.25) is 5.02 Å². The summed E-state index contributed by atoms with van der Waals surface area (Å²) in [5, 5.41) is 5.78. The van der Waals surface area contributed by atoms with Crippen LogP contribution in [0, 0.1) is 5.92 Å². The first kappa shape index (κ1) is 16.6. The van der Waals surface area contributed by atoms with Gasteiger partial charge in [0.05, 0.1) is 10.6 Å². The van der Waals surface area contributed by atoms with Gasteiger partial charge in [0.25, 0.3) is 5.91 Å². The van der Waals surface area contributed by atoms with Gasteiger partial charge in [0, 0.05) is 24.7 Å². The zero-order valence-electron chi connectivity index (χ0n) is 10.8. The fourth-order valence-corrected chi connectivity index (χ4v) is 1.94. The summed E-state index contributed by atoms with van der Waals surface area (Å²) in [6.45, 7) is 0.797. The van der Waals surface area contributed by atoms with Crippen LogP contribution in [0.15, 0.2) is 18.2 Å². The van der Waals surface area contributed by atoms with Crippen molar-refractivity contribution in [3.63, 3.8) is 0 Å². The number of carbonyl (C=O) groups excluding carboxylic acids is 2. The van der Waals surface area contributed by atoms with E-state index in [1.807, 2.05) is 0 Å². The average Bonchev–Trinajstić information content (AvgIpc) is 3.18. The van der Waals surface area contributed by atoms with Gasteiger partial charge in [-0.2, -0.15) is 0 Å². The number of anilines is 1. The lowest BCUT2D eigenvalue weighted by molar-refractivity contribution is -0.122. The highest BCUT2D eigenvalue weighted by molar-refractivity contribution is 6.34. The van der Waals surface area contributed by atoms with Crippen molar-refractivity contribution in [3.05, 3.63) is 28.8 Å². The van der Waals surface area contributed by atoms with E-state index < -0.39 is 0 Å². The Kier molecular flexibility index (Phi) is 6.10. The summed E-state index contributed by atoms with van der Waals surface area (Å²) in [5.41, 5.74) is 6.44. The summed E-state index contributed by atoms with van der Waals surface area (Å²) in [6.07, 6.45) is 1.94. The van der Waals surface area contributed by atoms with Gasteiger partial charge in [0.15, 0.2) is 0 Å². The molecule has 110 valence electrons. The molecule has 1 aromatic rings. The number of hydrogen-bond donors (Lipinski definition) is 3. The van der Waals surface area contributed by atoms with Gasteiger partial charge in [-0.05, 0) is 31.0 Å². The van der Waals surface area contributed by atoms with Crippen LogP contribution in [0.1, 0.15) is 23.2 Å². The smallest absolute Gasteiger partial charge is 0.252 e. The molecule has 0 unspecified atom stereocenters. The highest BCUT2D eigenvalue weighted by Crippen LogP contribution is 2.28. The normalized spacial score (nSPS) is 13.2. The topological polar surface area (TPSA) is 84.2 Å². The van der Waals surface area contributed by atoms with E-state index in [4.69, 9.17) is 17.3 Å². The van der Waals surface area contributed by atoms with Gasteiger partial charge in [-0.3, -0.25) is 9.59 Å². The summed E-state index contributed by atoms with van der Waals surface area (Å²) in [5.74, 6) is -0.0207. The molecule has 7 heteroatoms. The molecular formula is C13H17Cl2N3O2. The standard InChI is InChI=1S/C13H16ClN3O2.ClH/c14-11-7-9(15)3-4-10(11)13(19)17-6-5-16-12(18)8-1-2-8;/h3-4,7-8H,1-2,5-6,15H2,(H,16,18)(H,17,19);1H. The molecule has 0 spiro atoms. The van der Waals surface area contributed by atoms with Crippen molar-refractivity contribution in [1.29, 1.82) is 0 Å². The number of hydrogen-bond acceptors (Lipinski definition) is 3. The number of nitrogen functional groups attached to an aromatic ring is 1. The fraction of sp³-hybridized carbons (Fsp3) is 0.385. The maximum atomic E-state index is 11.8. The minimum atomic E-state index is -0.273. The van der Waals surface area contributed by atoms with Crippen LogP contribution in [-0.4, -0.2) is 24.9 Å². The number of amides is 2. The van der Waals surface area contributed by atoms with Gasteiger partial charge in [-0.15, -0.1) is 12.4 Å². The van der Waals surface area contributed by atoms with Crippen molar-refractivity contribution >= 4 is 41.5 Å². The highest BCUT2D eigenvalue weighted by atomic mass is 35.5. The Bertz CT molecular complexity index is 504. The van der Waals surface area contributed by atoms with Gasteiger partial charge in [0.1, 0.15) is 0 Å². The predicted octanol–water partition coefficient (Wildman–Crippen LogP) is 1.60. The van der Waals surface area contributed by atoms with Crippen LogP contribution >= 0.6 is 24.0 Å². The first-order valence-electron chi connectivity index (χ1n) is 6.19. The number of benzene rings is 1. The van der Waals surface area contributed by atoms with Crippen molar-refractivity contribution in [2.24, 2.45) is 5.92 Å². The Hall–Kier alpha value is -1.46. The first-order valence-corrected chi connectivity index (χ1v) is 6.56. The van der Waals surface area contributed by atoms with Gasteiger partial charge in [-0.25, -0.2) is 0 Å². The third-order valence-electron chi connectivity index (χ3n) is 2.90. The zero-order valence-corrected chi connectivity index (χ0v) is 12.4. The molecule has 2 rings (SSSR count). The molecule has 0 radical (unpaired) electrons. The number of halogens is 2. The predicted molar refractivity (Wildman–Crippen MR) is 81.2 cm³/mol. The summed E-state index contributed by atoms with van der Waals surface area (Å²) in [4.78, 5) is 23.2. The van der Waals surface area contributed by atoms with Gasteiger partial charge in [-0.1, -0.05) is 11.6 Å². The molecule has 0 bridgehead atoms. The van der Waals surface area contributed by atoms with E-state index in [9.17, 15) is 9.59 Å². The van der Waals surface area contributed by atoms with Crippen molar-refractivity contribution in [3.8, 4) is 0 Å². The number of carbonyl (C=O) groups is 2. The van der Waals surface area contributed by atoms with Crippen LogP contribution in [-0.2, 0) is 4.79 Å².